The van der Waals surface area contributed by atoms with Gasteiger partial charge < -0.3 is 10.1 Å². The highest BCUT2D eigenvalue weighted by Crippen LogP contribution is 2.33. The molecule has 2 fully saturated rings. The molecule has 4 rings (SSSR count). The van der Waals surface area contributed by atoms with Crippen molar-refractivity contribution in [1.82, 2.24) is 14.9 Å². The quantitative estimate of drug-likeness (QED) is 0.920. The van der Waals surface area contributed by atoms with Gasteiger partial charge in [0.25, 0.3) is 0 Å². The lowest BCUT2D eigenvalue weighted by atomic mass is 9.89. The van der Waals surface area contributed by atoms with Crippen LogP contribution in [-0.2, 0) is 16.1 Å². The van der Waals surface area contributed by atoms with Crippen LogP contribution in [0.4, 0.5) is 5.82 Å². The summed E-state index contributed by atoms with van der Waals surface area (Å²) in [7, 11) is 0. The van der Waals surface area contributed by atoms with Gasteiger partial charge in [0.05, 0.1) is 18.2 Å². The van der Waals surface area contributed by atoms with Crippen LogP contribution in [0.25, 0.3) is 0 Å². The van der Waals surface area contributed by atoms with Gasteiger partial charge >= 0.3 is 0 Å². The highest BCUT2D eigenvalue weighted by atomic mass is 32.1. The van der Waals surface area contributed by atoms with E-state index in [-0.39, 0.29) is 17.9 Å². The molecule has 0 bridgehead atoms. The fraction of sp³-hybridized carbons (Fsp3) is 0.471. The number of thiophene rings is 1. The van der Waals surface area contributed by atoms with Crippen LogP contribution in [0, 0.1) is 5.92 Å². The molecule has 2 aliphatic heterocycles. The number of carbonyl (C=O) groups excluding carboxylic acids is 1. The molecule has 7 heteroatoms. The van der Waals surface area contributed by atoms with Crippen molar-refractivity contribution in [2.24, 2.45) is 5.92 Å². The van der Waals surface area contributed by atoms with E-state index in [1.54, 1.807) is 29.9 Å². The predicted octanol–water partition coefficient (Wildman–Crippen LogP) is 2.16. The molecule has 0 unspecified atom stereocenters. The van der Waals surface area contributed by atoms with Gasteiger partial charge in [-0.25, -0.2) is 4.98 Å². The van der Waals surface area contributed by atoms with E-state index in [9.17, 15) is 4.79 Å². The van der Waals surface area contributed by atoms with Crippen LogP contribution in [0.15, 0.2) is 35.4 Å². The van der Waals surface area contributed by atoms with Gasteiger partial charge in [-0.15, -0.1) is 0 Å². The van der Waals surface area contributed by atoms with Gasteiger partial charge in [0, 0.05) is 38.1 Å². The van der Waals surface area contributed by atoms with E-state index in [4.69, 9.17) is 4.74 Å². The van der Waals surface area contributed by atoms with Crippen molar-refractivity contribution in [2.75, 3.05) is 18.5 Å². The van der Waals surface area contributed by atoms with Gasteiger partial charge in [0.15, 0.2) is 5.82 Å². The molecule has 3 atom stereocenters. The third-order valence-electron chi connectivity index (χ3n) is 4.77. The zero-order valence-corrected chi connectivity index (χ0v) is 14.1. The molecule has 4 heterocycles. The molecule has 2 aromatic heterocycles. The lowest BCUT2D eigenvalue weighted by molar-refractivity contribution is -0.124. The second-order valence-corrected chi connectivity index (χ2v) is 7.12. The number of carbonyl (C=O) groups is 1. The van der Waals surface area contributed by atoms with Crippen LogP contribution in [0.5, 0.6) is 0 Å². The molecule has 0 aromatic carbocycles. The maximum Gasteiger partial charge on any atom is 0.230 e. The highest BCUT2D eigenvalue weighted by Gasteiger charge is 2.42. The van der Waals surface area contributed by atoms with Gasteiger partial charge in [-0.1, -0.05) is 0 Å². The summed E-state index contributed by atoms with van der Waals surface area (Å²) in [6, 6.07) is 2.57. The van der Waals surface area contributed by atoms with Crippen molar-refractivity contribution in [3.63, 3.8) is 0 Å². The van der Waals surface area contributed by atoms with E-state index in [0.29, 0.717) is 11.9 Å². The fourth-order valence-electron chi connectivity index (χ4n) is 3.63. The zero-order valence-electron chi connectivity index (χ0n) is 13.3. The number of nitrogens with one attached hydrogen (secondary N) is 1. The smallest absolute Gasteiger partial charge is 0.230 e. The summed E-state index contributed by atoms with van der Waals surface area (Å²) in [4.78, 5) is 23.2. The van der Waals surface area contributed by atoms with Gasteiger partial charge in [-0.2, -0.15) is 11.3 Å². The summed E-state index contributed by atoms with van der Waals surface area (Å²) < 4.78 is 5.89. The van der Waals surface area contributed by atoms with Gasteiger partial charge in [0.2, 0.25) is 5.91 Å². The second-order valence-electron chi connectivity index (χ2n) is 6.34. The Labute approximate surface area is 144 Å². The SMILES string of the molecule is O=C(Nc1cnccn1)[C@H]1C[C@H]2OCC[C@H]2N(Cc2ccsc2)C1. The minimum absolute atomic E-state index is 0.000214. The molecule has 126 valence electrons. The first kappa shape index (κ1) is 15.7. The Hall–Kier alpha value is -1.83. The highest BCUT2D eigenvalue weighted by molar-refractivity contribution is 7.07. The maximum absolute atomic E-state index is 12.6. The summed E-state index contributed by atoms with van der Waals surface area (Å²) in [6.07, 6.45) is 6.71. The number of rotatable bonds is 4. The number of aromatic nitrogens is 2. The van der Waals surface area contributed by atoms with Crippen LogP contribution in [0.3, 0.4) is 0 Å². The van der Waals surface area contributed by atoms with Crippen molar-refractivity contribution < 1.29 is 9.53 Å². The van der Waals surface area contributed by atoms with Crippen molar-refractivity contribution in [1.29, 1.82) is 0 Å². The van der Waals surface area contributed by atoms with Crippen molar-refractivity contribution >= 4 is 23.1 Å². The minimum Gasteiger partial charge on any atom is -0.377 e. The fourth-order valence-corrected chi connectivity index (χ4v) is 4.29. The van der Waals surface area contributed by atoms with E-state index >= 15 is 0 Å². The molecule has 0 saturated carbocycles. The van der Waals surface area contributed by atoms with Crippen LogP contribution < -0.4 is 5.32 Å². The molecule has 0 spiro atoms. The first-order valence-electron chi connectivity index (χ1n) is 8.23. The normalized spacial score (nSPS) is 26.9. The standard InChI is InChI=1S/C17H20N4O2S/c22-17(20-16-8-18-3-4-19-16)13-7-15-14(1-5-23-15)21(10-13)9-12-2-6-24-11-12/h2-4,6,8,11,13-15H,1,5,7,9-10H2,(H,19,20,22)/t13-,14+,15+/m0/s1. The molecule has 2 aliphatic rings. The monoisotopic (exact) mass is 344 g/mol. The number of anilines is 1. The summed E-state index contributed by atoms with van der Waals surface area (Å²) in [5.41, 5.74) is 1.31. The van der Waals surface area contributed by atoms with Crippen LogP contribution in [0.1, 0.15) is 18.4 Å². The predicted molar refractivity (Wildman–Crippen MR) is 91.6 cm³/mol. The van der Waals surface area contributed by atoms with E-state index in [2.05, 4.69) is 37.0 Å². The van der Waals surface area contributed by atoms with Gasteiger partial charge in [0.1, 0.15) is 0 Å². The molecular formula is C17H20N4O2S. The zero-order chi connectivity index (χ0) is 16.4. The Balaban J connectivity index is 1.46. The molecule has 0 radical (unpaired) electrons. The van der Waals surface area contributed by atoms with Crippen LogP contribution in [-0.4, -0.2) is 46.1 Å². The summed E-state index contributed by atoms with van der Waals surface area (Å²) in [5, 5.41) is 7.15. The molecule has 2 saturated heterocycles. The van der Waals surface area contributed by atoms with Crippen LogP contribution >= 0.6 is 11.3 Å². The lowest BCUT2D eigenvalue weighted by Gasteiger charge is -2.40. The topological polar surface area (TPSA) is 67.3 Å². The van der Waals surface area contributed by atoms with Gasteiger partial charge in [-0.3, -0.25) is 14.7 Å². The molecule has 1 N–H and O–H groups in total. The first-order valence-corrected chi connectivity index (χ1v) is 9.17. The largest absolute Gasteiger partial charge is 0.377 e. The third-order valence-corrected chi connectivity index (χ3v) is 5.50. The average molecular weight is 344 g/mol. The number of hydrogen-bond acceptors (Lipinski definition) is 6. The Morgan fingerprint density at radius 2 is 2.42 bits per heavy atom. The Morgan fingerprint density at radius 3 is 3.21 bits per heavy atom. The van der Waals surface area contributed by atoms with Crippen molar-refractivity contribution in [3.05, 3.63) is 41.0 Å². The lowest BCUT2D eigenvalue weighted by Crippen LogP contribution is -2.51. The number of hydrogen-bond donors (Lipinski definition) is 1. The molecule has 0 aliphatic carbocycles. The summed E-state index contributed by atoms with van der Waals surface area (Å²) >= 11 is 1.71. The van der Waals surface area contributed by atoms with E-state index in [1.165, 1.54) is 5.56 Å². The van der Waals surface area contributed by atoms with Crippen molar-refractivity contribution in [2.45, 2.75) is 31.5 Å². The van der Waals surface area contributed by atoms with E-state index in [1.807, 2.05) is 0 Å². The first-order chi connectivity index (χ1) is 11.8. The Morgan fingerprint density at radius 1 is 1.46 bits per heavy atom. The van der Waals surface area contributed by atoms with Crippen molar-refractivity contribution in [3.8, 4) is 0 Å². The minimum atomic E-state index is -0.0926. The van der Waals surface area contributed by atoms with E-state index < -0.39 is 0 Å². The third kappa shape index (κ3) is 3.33. The number of ether oxygens (including phenoxy) is 1. The molecule has 24 heavy (non-hydrogen) atoms. The number of nitrogens with zero attached hydrogens (tertiary/aromatic N) is 3. The molecule has 2 aromatic rings. The maximum atomic E-state index is 12.6. The number of amides is 1. The van der Waals surface area contributed by atoms with Crippen LogP contribution in [0.2, 0.25) is 0 Å². The Bertz CT molecular complexity index is 679. The summed E-state index contributed by atoms with van der Waals surface area (Å²) in [5.74, 6) is 0.408. The number of piperidine rings is 1. The number of likely N-dealkylation sites (tertiary alicyclic amines) is 1. The number of fused-ring (bicyclic) bond motifs is 1. The molecule has 1 amide bonds. The Kier molecular flexibility index (Phi) is 4.55. The van der Waals surface area contributed by atoms with Gasteiger partial charge in [-0.05, 0) is 35.2 Å². The molecule has 6 nitrogen and oxygen atoms in total. The molecular weight excluding hydrogens is 324 g/mol. The summed E-state index contributed by atoms with van der Waals surface area (Å²) in [6.45, 7) is 2.42. The average Bonchev–Trinajstić information content (AvgIpc) is 3.27. The van der Waals surface area contributed by atoms with E-state index in [0.717, 1.165) is 32.5 Å². The second kappa shape index (κ2) is 6.96.